The van der Waals surface area contributed by atoms with E-state index in [9.17, 15) is 20.4 Å². The van der Waals surface area contributed by atoms with Crippen LogP contribution in [0.3, 0.4) is 0 Å². The summed E-state index contributed by atoms with van der Waals surface area (Å²) >= 11 is 1.19. The predicted molar refractivity (Wildman–Crippen MR) is 116 cm³/mol. The first-order valence-electron chi connectivity index (χ1n) is 10.1. The molecule has 3 aromatic rings. The minimum absolute atomic E-state index is 0.313. The van der Waals surface area contributed by atoms with Crippen molar-refractivity contribution < 1.29 is 25.2 Å². The van der Waals surface area contributed by atoms with Gasteiger partial charge in [-0.25, -0.2) is 0 Å². The predicted octanol–water partition coefficient (Wildman–Crippen LogP) is 2.30. The van der Waals surface area contributed by atoms with E-state index < -0.39 is 28.5 Å². The van der Waals surface area contributed by atoms with Gasteiger partial charge in [0.1, 0.15) is 12.2 Å². The molecule has 1 fully saturated rings. The third-order valence-electron chi connectivity index (χ3n) is 6.16. The maximum atomic E-state index is 10.8. The summed E-state index contributed by atoms with van der Waals surface area (Å²) < 4.78 is 6.01. The van der Waals surface area contributed by atoms with Crippen LogP contribution in [0, 0.1) is 0 Å². The first kappa shape index (κ1) is 20.0. The highest BCUT2D eigenvalue weighted by molar-refractivity contribution is 8.00. The Bertz CT molecular complexity index is 1080. The second kappa shape index (κ2) is 7.64. The monoisotopic (exact) mass is 424 g/mol. The van der Waals surface area contributed by atoms with E-state index in [2.05, 4.69) is 36.4 Å². The van der Waals surface area contributed by atoms with E-state index in [0.29, 0.717) is 6.61 Å². The van der Waals surface area contributed by atoms with Crippen LogP contribution in [0.4, 0.5) is 0 Å². The van der Waals surface area contributed by atoms with Crippen LogP contribution in [0.2, 0.25) is 0 Å². The van der Waals surface area contributed by atoms with Crippen LogP contribution >= 0.6 is 11.8 Å². The number of fused-ring (bicyclic) bond motifs is 3. The first-order valence-corrected chi connectivity index (χ1v) is 11.0. The summed E-state index contributed by atoms with van der Waals surface area (Å²) in [5, 5.41) is 42.8. The zero-order valence-electron chi connectivity index (χ0n) is 16.3. The van der Waals surface area contributed by atoms with Gasteiger partial charge in [0.2, 0.25) is 0 Å². The van der Waals surface area contributed by atoms with Crippen molar-refractivity contribution in [3.8, 4) is 0 Å². The summed E-state index contributed by atoms with van der Waals surface area (Å²) in [6.07, 6.45) is -3.17. The summed E-state index contributed by atoms with van der Waals surface area (Å²) in [5.41, 5.74) is 4.01. The lowest BCUT2D eigenvalue weighted by Crippen LogP contribution is -2.58. The molecule has 2 heterocycles. The Balaban J connectivity index is 1.49. The van der Waals surface area contributed by atoms with Gasteiger partial charge in [0.15, 0.2) is 4.93 Å². The van der Waals surface area contributed by atoms with E-state index in [1.807, 2.05) is 24.3 Å². The van der Waals surface area contributed by atoms with Crippen LogP contribution in [0.5, 0.6) is 0 Å². The van der Waals surface area contributed by atoms with E-state index in [0.717, 1.165) is 23.1 Å². The third kappa shape index (κ3) is 3.15. The molecule has 5 atom stereocenters. The number of hydrogen-bond acceptors (Lipinski definition) is 6. The maximum Gasteiger partial charge on any atom is 0.168 e. The highest BCUT2D eigenvalue weighted by atomic mass is 32.2. The average Bonchev–Trinajstić information content (AvgIpc) is 3.13. The Labute approximate surface area is 178 Å². The van der Waals surface area contributed by atoms with Crippen molar-refractivity contribution in [1.29, 1.82) is 0 Å². The molecule has 0 saturated carbocycles. The van der Waals surface area contributed by atoms with Crippen molar-refractivity contribution in [1.82, 2.24) is 0 Å². The molecule has 1 spiro atoms. The summed E-state index contributed by atoms with van der Waals surface area (Å²) in [5.74, 6) is 0. The number of aliphatic hydroxyl groups is 4. The van der Waals surface area contributed by atoms with E-state index in [-0.39, 0.29) is 6.61 Å². The Morgan fingerprint density at radius 3 is 2.43 bits per heavy atom. The van der Waals surface area contributed by atoms with Gasteiger partial charge in [0.05, 0.1) is 24.6 Å². The lowest BCUT2D eigenvalue weighted by Gasteiger charge is -2.45. The van der Waals surface area contributed by atoms with E-state index in [1.165, 1.54) is 28.1 Å². The number of hydrogen-bond donors (Lipinski definition) is 4. The minimum atomic E-state index is -1.39. The van der Waals surface area contributed by atoms with Crippen molar-refractivity contribution in [2.45, 2.75) is 41.5 Å². The van der Waals surface area contributed by atoms with Crippen molar-refractivity contribution in [3.05, 3.63) is 82.9 Å². The molecule has 4 N–H and O–H groups in total. The average molecular weight is 425 g/mol. The standard InChI is InChI=1S/C24H24O5S/c25-12-20-21(26)22(27)23(28)24(30-20)19-11-15(6-8-18(19)13-29-24)9-14-5-7-16-3-1-2-4-17(16)10-14/h1-8,10-11,20-23,25-28H,9,12-13H2/t20-,21-,22+,23-,24+/m1/s1. The van der Waals surface area contributed by atoms with Crippen LogP contribution in [-0.2, 0) is 22.7 Å². The molecule has 0 radical (unpaired) electrons. The van der Waals surface area contributed by atoms with Gasteiger partial charge in [-0.3, -0.25) is 0 Å². The summed E-state index contributed by atoms with van der Waals surface area (Å²) in [6.45, 7) is 0.00342. The van der Waals surface area contributed by atoms with Gasteiger partial charge in [-0.1, -0.05) is 60.7 Å². The minimum Gasteiger partial charge on any atom is -0.395 e. The van der Waals surface area contributed by atoms with Gasteiger partial charge in [-0.15, -0.1) is 11.8 Å². The van der Waals surface area contributed by atoms with E-state index >= 15 is 0 Å². The molecule has 0 bridgehead atoms. The fraction of sp³-hybridized carbons (Fsp3) is 0.333. The van der Waals surface area contributed by atoms with E-state index in [1.54, 1.807) is 0 Å². The highest BCUT2D eigenvalue weighted by Gasteiger charge is 2.57. The molecule has 0 unspecified atom stereocenters. The van der Waals surface area contributed by atoms with Gasteiger partial charge < -0.3 is 25.2 Å². The van der Waals surface area contributed by atoms with Gasteiger partial charge in [0.25, 0.3) is 0 Å². The zero-order valence-corrected chi connectivity index (χ0v) is 17.1. The molecule has 3 aromatic carbocycles. The molecule has 2 aliphatic heterocycles. The number of rotatable bonds is 3. The molecule has 2 aliphatic rings. The summed E-state index contributed by atoms with van der Waals surface area (Å²) in [7, 11) is 0. The topological polar surface area (TPSA) is 90.2 Å². The highest BCUT2D eigenvalue weighted by Crippen LogP contribution is 2.54. The van der Waals surface area contributed by atoms with Crippen molar-refractivity contribution >= 4 is 22.5 Å². The molecule has 156 valence electrons. The molecule has 0 aromatic heterocycles. The van der Waals surface area contributed by atoms with Crippen molar-refractivity contribution in [2.24, 2.45) is 0 Å². The second-order valence-corrected chi connectivity index (χ2v) is 9.52. The Kier molecular flexibility index (Phi) is 5.09. The lowest BCUT2D eigenvalue weighted by atomic mass is 9.91. The largest absolute Gasteiger partial charge is 0.395 e. The van der Waals surface area contributed by atoms with Crippen LogP contribution in [0.25, 0.3) is 10.8 Å². The van der Waals surface area contributed by atoms with Crippen LogP contribution in [-0.4, -0.2) is 50.6 Å². The van der Waals surface area contributed by atoms with Gasteiger partial charge in [-0.2, -0.15) is 0 Å². The molecule has 1 saturated heterocycles. The molecule has 6 heteroatoms. The Morgan fingerprint density at radius 2 is 1.63 bits per heavy atom. The fourth-order valence-corrected chi connectivity index (χ4v) is 6.06. The first-order chi connectivity index (χ1) is 14.5. The fourth-order valence-electron chi connectivity index (χ4n) is 4.51. The third-order valence-corrected chi connectivity index (χ3v) is 7.82. The zero-order chi connectivity index (χ0) is 20.9. The molecule has 5 nitrogen and oxygen atoms in total. The molecule has 0 amide bonds. The molecule has 5 rings (SSSR count). The number of benzene rings is 3. The SMILES string of the molecule is OC[C@H]1S[C@]2(OCc3ccc(Cc4ccc5ccccc5c4)cc32)[C@H](O)[C@@H](O)[C@@H]1O. The van der Waals surface area contributed by atoms with Crippen molar-refractivity contribution in [3.63, 3.8) is 0 Å². The second-order valence-electron chi connectivity index (χ2n) is 8.07. The maximum absolute atomic E-state index is 10.8. The Hall–Kier alpha value is -1.93. The molecular weight excluding hydrogens is 400 g/mol. The number of thioether (sulfide) groups is 1. The van der Waals surface area contributed by atoms with Gasteiger partial charge >= 0.3 is 0 Å². The van der Waals surface area contributed by atoms with E-state index in [4.69, 9.17) is 4.74 Å². The normalized spacial score (nSPS) is 30.7. The quantitative estimate of drug-likeness (QED) is 0.516. The molecule has 30 heavy (non-hydrogen) atoms. The van der Waals surface area contributed by atoms with Gasteiger partial charge in [0, 0.05) is 5.56 Å². The molecule has 0 aliphatic carbocycles. The lowest BCUT2D eigenvalue weighted by molar-refractivity contribution is -0.147. The van der Waals surface area contributed by atoms with Gasteiger partial charge in [-0.05, 0) is 33.9 Å². The number of ether oxygens (including phenoxy) is 1. The van der Waals surface area contributed by atoms with Crippen LogP contribution in [0.1, 0.15) is 22.3 Å². The molecular formula is C24H24O5S. The Morgan fingerprint density at radius 1 is 0.900 bits per heavy atom. The number of aliphatic hydroxyl groups excluding tert-OH is 4. The van der Waals surface area contributed by atoms with Crippen LogP contribution < -0.4 is 0 Å². The smallest absolute Gasteiger partial charge is 0.168 e. The summed E-state index contributed by atoms with van der Waals surface area (Å²) in [4.78, 5) is -1.19. The summed E-state index contributed by atoms with van der Waals surface area (Å²) in [6, 6.07) is 20.7. The van der Waals surface area contributed by atoms with Crippen molar-refractivity contribution in [2.75, 3.05) is 6.61 Å². The van der Waals surface area contributed by atoms with Crippen LogP contribution in [0.15, 0.2) is 60.7 Å².